The Morgan fingerprint density at radius 3 is 2.09 bits per heavy atom. The molecule has 2 aliphatic carbocycles. The summed E-state index contributed by atoms with van der Waals surface area (Å²) in [7, 11) is 0. The fraction of sp³-hybridized carbons (Fsp3) is 0.672. The SMILES string of the molecule is CC(=O)NC1C(O[C@@H](CC2CCCCC2)C(=O)N2CCC2)[C@@H](O)[C@H](CO)O[C@H]1O[C@@H]1CC(C(=O)NCCO[C@H]2OC(CO)[C@@H](O)C(n3cc(-c4cccc(C)c4)nn3)C2O)CC(n2cc(-c3ccccc3)nn2)[C@H]1O[C@@H]1OC(C)[C@@H](O)[C@H](O)C1O. The Bertz CT molecular complexity index is 2820. The Balaban J connectivity index is 0.934. The van der Waals surface area contributed by atoms with Crippen molar-refractivity contribution < 1.29 is 88.4 Å². The number of rotatable bonds is 21. The largest absolute Gasteiger partial charge is 0.394 e. The smallest absolute Gasteiger partial charge is 0.251 e. The molecule has 6 fully saturated rings. The number of amides is 3. The maximum Gasteiger partial charge on any atom is 0.251 e. The molecule has 85 heavy (non-hydrogen) atoms. The maximum atomic E-state index is 14.8. The molecule has 2 aromatic heterocycles. The molecule has 4 saturated heterocycles. The summed E-state index contributed by atoms with van der Waals surface area (Å²) in [5, 5.41) is 112. The zero-order valence-corrected chi connectivity index (χ0v) is 47.9. The van der Waals surface area contributed by atoms with Crippen LogP contribution in [0, 0.1) is 18.8 Å². The number of likely N-dealkylation sites (tertiary alicyclic amines) is 1. The van der Waals surface area contributed by atoms with Crippen LogP contribution in [0.4, 0.5) is 0 Å². The van der Waals surface area contributed by atoms with Crippen LogP contribution in [0.25, 0.3) is 22.5 Å². The van der Waals surface area contributed by atoms with Gasteiger partial charge in [0.1, 0.15) is 90.6 Å². The predicted molar refractivity (Wildman–Crippen MR) is 296 cm³/mol. The Morgan fingerprint density at radius 1 is 0.718 bits per heavy atom. The van der Waals surface area contributed by atoms with Crippen LogP contribution >= 0.6 is 0 Å². The van der Waals surface area contributed by atoms with Gasteiger partial charge >= 0.3 is 0 Å². The Hall–Kier alpha value is -5.47. The number of carbonyl (C=O) groups is 3. The lowest BCUT2D eigenvalue weighted by Crippen LogP contribution is -2.67. The summed E-state index contributed by atoms with van der Waals surface area (Å²) in [6.07, 6.45) is -13.8. The van der Waals surface area contributed by atoms with E-state index in [1.54, 1.807) is 17.3 Å². The first-order chi connectivity index (χ1) is 41.0. The molecule has 0 bridgehead atoms. The third kappa shape index (κ3) is 14.3. The molecule has 27 nitrogen and oxygen atoms in total. The Kier molecular flexibility index (Phi) is 20.7. The van der Waals surface area contributed by atoms with Gasteiger partial charge in [0.15, 0.2) is 18.9 Å². The standard InChI is InChI=1S/C58H81N9O18/c1-30-12-10-17-35(22-30)38-27-67(64-62-38)45-47(72)42(28-68)84-57(49(45)74)79-21-18-59-54(77)36-24-39(66-26-37(61-63-66)34-15-8-5-9-16-34)52(85-58-51(76)50(75)46(71)31(2)80-58)40(25-36)82-56-44(60-32(3)70)53(48(73)43(29-69)83-56)81-41(55(78)65-19-11-20-65)23-33-13-6-4-7-14-33/h5,8-10,12,15-17,22,26-27,31,33,36,39-53,56-58,68-69,71-76H,4,6-7,11,13-14,18-21,23-25,28-29H2,1-3H3,(H,59,77)(H,60,70)/t31?,36?,39?,40-,41+,42?,43+,44?,45?,46-,47-,48+,49?,50+,51?,52-,53?,56-,57+,58+/m1/s1. The van der Waals surface area contributed by atoms with Crippen molar-refractivity contribution in [2.24, 2.45) is 11.8 Å². The number of nitrogens with one attached hydrogen (secondary N) is 2. The van der Waals surface area contributed by atoms with Gasteiger partial charge in [0.05, 0.1) is 50.5 Å². The molecule has 4 aliphatic heterocycles. The van der Waals surface area contributed by atoms with Gasteiger partial charge in [-0.05, 0) is 51.5 Å². The molecule has 0 spiro atoms. The molecular formula is C58H81N9O18. The number of benzene rings is 2. The highest BCUT2D eigenvalue weighted by Gasteiger charge is 2.54. The zero-order valence-electron chi connectivity index (χ0n) is 47.9. The molecule has 2 aromatic carbocycles. The first-order valence-corrected chi connectivity index (χ1v) is 29.6. The number of hydrogen-bond acceptors (Lipinski definition) is 22. The number of aliphatic hydroxyl groups is 8. The summed E-state index contributed by atoms with van der Waals surface area (Å²) < 4.78 is 47.4. The molecule has 6 heterocycles. The molecule has 9 unspecified atom stereocenters. The van der Waals surface area contributed by atoms with Gasteiger partial charge in [-0.3, -0.25) is 14.4 Å². The molecule has 4 aromatic rings. The molecular weight excluding hydrogens is 1110 g/mol. The van der Waals surface area contributed by atoms with Crippen LogP contribution in [0.3, 0.4) is 0 Å². The van der Waals surface area contributed by atoms with Crippen LogP contribution in [-0.4, -0.2) is 237 Å². The van der Waals surface area contributed by atoms with Crippen LogP contribution in [-0.2, 0) is 47.5 Å². The van der Waals surface area contributed by atoms with E-state index in [-0.39, 0.29) is 37.8 Å². The van der Waals surface area contributed by atoms with E-state index in [1.807, 2.05) is 61.5 Å². The third-order valence-electron chi connectivity index (χ3n) is 17.4. The molecule has 6 aliphatic rings. The van der Waals surface area contributed by atoms with Crippen molar-refractivity contribution in [1.29, 1.82) is 0 Å². The molecule has 2 saturated carbocycles. The monoisotopic (exact) mass is 1190 g/mol. The summed E-state index contributed by atoms with van der Waals surface area (Å²) in [4.78, 5) is 44.0. The molecule has 3 amide bonds. The van der Waals surface area contributed by atoms with Gasteiger partial charge in [-0.15, -0.1) is 10.2 Å². The van der Waals surface area contributed by atoms with Crippen molar-refractivity contribution in [2.75, 3.05) is 39.5 Å². The lowest BCUT2D eigenvalue weighted by molar-refractivity contribution is -0.337. The highest BCUT2D eigenvalue weighted by Crippen LogP contribution is 2.42. The number of aliphatic hydroxyl groups excluding tert-OH is 8. The van der Waals surface area contributed by atoms with Crippen LogP contribution in [0.2, 0.25) is 0 Å². The Morgan fingerprint density at radius 2 is 1.40 bits per heavy atom. The van der Waals surface area contributed by atoms with E-state index >= 15 is 0 Å². The number of ether oxygens (including phenoxy) is 7. The first kappa shape index (κ1) is 62.6. The molecule has 20 atom stereocenters. The first-order valence-electron chi connectivity index (χ1n) is 29.6. The van der Waals surface area contributed by atoms with Crippen molar-refractivity contribution in [1.82, 2.24) is 45.5 Å². The number of aryl methyl sites for hydroxylation is 1. The lowest BCUT2D eigenvalue weighted by atomic mass is 9.80. The van der Waals surface area contributed by atoms with Gasteiger partial charge in [-0.25, -0.2) is 9.36 Å². The van der Waals surface area contributed by atoms with E-state index in [2.05, 4.69) is 31.3 Å². The van der Waals surface area contributed by atoms with E-state index in [4.69, 9.17) is 33.2 Å². The second kappa shape index (κ2) is 28.1. The number of nitrogens with zero attached hydrogens (tertiary/aromatic N) is 7. The third-order valence-corrected chi connectivity index (χ3v) is 17.4. The van der Waals surface area contributed by atoms with Crippen LogP contribution < -0.4 is 10.6 Å². The van der Waals surface area contributed by atoms with E-state index in [9.17, 15) is 55.2 Å². The normalized spacial score (nSPS) is 35.0. The molecule has 466 valence electrons. The fourth-order valence-corrected chi connectivity index (χ4v) is 12.6. The lowest BCUT2D eigenvalue weighted by Gasteiger charge is -2.49. The van der Waals surface area contributed by atoms with Crippen LogP contribution in [0.5, 0.6) is 0 Å². The molecule has 10 rings (SSSR count). The van der Waals surface area contributed by atoms with Gasteiger partial charge in [0.25, 0.3) is 5.91 Å². The minimum Gasteiger partial charge on any atom is -0.394 e. The topological polar surface area (TPSA) is 366 Å². The highest BCUT2D eigenvalue weighted by atomic mass is 16.7. The van der Waals surface area contributed by atoms with E-state index in [0.717, 1.165) is 49.7 Å². The maximum absolute atomic E-state index is 14.8. The average Bonchev–Trinajstić information content (AvgIpc) is 3.65. The average molecular weight is 1190 g/mol. The van der Waals surface area contributed by atoms with Crippen LogP contribution in [0.15, 0.2) is 67.0 Å². The minimum absolute atomic E-state index is 0.0329. The summed E-state index contributed by atoms with van der Waals surface area (Å²) in [5.41, 5.74) is 3.37. The summed E-state index contributed by atoms with van der Waals surface area (Å²) in [5.74, 6) is -2.18. The van der Waals surface area contributed by atoms with E-state index < -0.39 is 147 Å². The highest BCUT2D eigenvalue weighted by molar-refractivity contribution is 5.81. The number of hydrogen-bond donors (Lipinski definition) is 10. The summed E-state index contributed by atoms with van der Waals surface area (Å²) in [6.45, 7) is 3.98. The fourth-order valence-electron chi connectivity index (χ4n) is 12.6. The number of aromatic nitrogens is 6. The minimum atomic E-state index is -1.80. The second-order valence-electron chi connectivity index (χ2n) is 23.4. The Labute approximate surface area is 491 Å². The van der Waals surface area contributed by atoms with Gasteiger partial charge < -0.3 is 89.5 Å². The van der Waals surface area contributed by atoms with Gasteiger partial charge in [-0.2, -0.15) is 0 Å². The van der Waals surface area contributed by atoms with E-state index in [0.29, 0.717) is 36.5 Å². The summed E-state index contributed by atoms with van der Waals surface area (Å²) >= 11 is 0. The second-order valence-corrected chi connectivity index (χ2v) is 23.4. The van der Waals surface area contributed by atoms with Crippen molar-refractivity contribution in [2.45, 2.75) is 195 Å². The molecule has 27 heteroatoms. The van der Waals surface area contributed by atoms with Crippen LogP contribution in [0.1, 0.15) is 89.3 Å². The predicted octanol–water partition coefficient (Wildman–Crippen LogP) is -0.587. The van der Waals surface area contributed by atoms with Crippen molar-refractivity contribution in [3.8, 4) is 22.5 Å². The molecule has 10 N–H and O–H groups in total. The molecule has 0 radical (unpaired) electrons. The van der Waals surface area contributed by atoms with Crippen molar-refractivity contribution in [3.63, 3.8) is 0 Å². The summed E-state index contributed by atoms with van der Waals surface area (Å²) in [6, 6.07) is 13.2. The van der Waals surface area contributed by atoms with E-state index in [1.165, 1.54) is 23.2 Å². The van der Waals surface area contributed by atoms with Gasteiger partial charge in [0.2, 0.25) is 11.8 Å². The quantitative estimate of drug-likeness (QED) is 0.0466. The van der Waals surface area contributed by atoms with Crippen molar-refractivity contribution in [3.05, 3.63) is 72.6 Å². The number of carbonyl (C=O) groups excluding carboxylic acids is 3. The van der Waals surface area contributed by atoms with Gasteiger partial charge in [0, 0.05) is 43.6 Å². The van der Waals surface area contributed by atoms with Crippen molar-refractivity contribution >= 4 is 17.7 Å². The zero-order chi connectivity index (χ0) is 60.1. The van der Waals surface area contributed by atoms with Gasteiger partial charge in [-0.1, -0.05) is 96.6 Å².